The zero-order valence-corrected chi connectivity index (χ0v) is 51.8. The Morgan fingerprint density at radius 3 is 0.934 bits per heavy atom. The molecule has 3 N–H and O–H groups in total. The van der Waals surface area contributed by atoms with Gasteiger partial charge in [0.25, 0.3) is 0 Å². The van der Waals surface area contributed by atoms with Crippen LogP contribution in [0.1, 0.15) is 399 Å². The molecular weight excluding hydrogens is 935 g/mol. The Hall–Kier alpha value is -1.40. The number of amides is 1. The van der Waals surface area contributed by atoms with E-state index in [-0.39, 0.29) is 18.5 Å². The third-order valence-corrected chi connectivity index (χ3v) is 16.6. The number of nitrogens with one attached hydrogen (secondary N) is 1. The molecule has 0 aromatic rings. The summed E-state index contributed by atoms with van der Waals surface area (Å²) in [5.74, 6) is -0.00774. The number of carbonyl (C=O) groups is 2. The standard InChI is InChI=1S/C70H137NO5/c1-3-5-7-9-11-13-15-39-44-48-52-56-60-64-70(75)76-65-61-57-53-49-45-41-38-36-34-32-30-28-26-24-22-20-18-16-17-19-21-23-25-27-29-31-33-35-37-40-43-47-51-55-59-63-69(74)71-67(66-72)68(73)62-58-54-50-46-42-14-12-10-8-6-4-2/h18,20,67-68,72-73H,3-17,19,21-66H2,1-2H3,(H,71,74)/b20-18-. The maximum absolute atomic E-state index is 12.5. The van der Waals surface area contributed by atoms with Gasteiger partial charge in [-0.15, -0.1) is 0 Å². The smallest absolute Gasteiger partial charge is 0.305 e. The van der Waals surface area contributed by atoms with E-state index in [2.05, 4.69) is 31.3 Å². The van der Waals surface area contributed by atoms with Crippen LogP contribution < -0.4 is 5.32 Å². The van der Waals surface area contributed by atoms with Crippen LogP contribution in [0.25, 0.3) is 0 Å². The fourth-order valence-corrected chi connectivity index (χ4v) is 11.2. The Kier molecular flexibility index (Phi) is 64.9. The van der Waals surface area contributed by atoms with Gasteiger partial charge in [0, 0.05) is 12.8 Å². The molecule has 0 bridgehead atoms. The summed E-state index contributed by atoms with van der Waals surface area (Å²) in [4.78, 5) is 24.5. The van der Waals surface area contributed by atoms with Gasteiger partial charge in [0.2, 0.25) is 5.91 Å². The summed E-state index contributed by atoms with van der Waals surface area (Å²) in [7, 11) is 0. The van der Waals surface area contributed by atoms with E-state index < -0.39 is 12.1 Å². The molecule has 2 atom stereocenters. The normalized spacial score (nSPS) is 12.5. The van der Waals surface area contributed by atoms with Gasteiger partial charge in [-0.1, -0.05) is 347 Å². The number of hydrogen-bond donors (Lipinski definition) is 3. The maximum Gasteiger partial charge on any atom is 0.305 e. The Morgan fingerprint density at radius 2 is 0.618 bits per heavy atom. The number of carbonyl (C=O) groups excluding carboxylic acids is 2. The van der Waals surface area contributed by atoms with Gasteiger partial charge in [-0.25, -0.2) is 0 Å². The molecule has 0 fully saturated rings. The maximum atomic E-state index is 12.5. The molecule has 0 aromatic heterocycles. The van der Waals surface area contributed by atoms with Crippen LogP contribution in [-0.2, 0) is 14.3 Å². The SMILES string of the molecule is CCCCCCCCCCCCCCCC(=O)OCCCCCCCCCCCCCCCC/C=C\CCCCCCCCCCCCCCCCCCCC(=O)NC(CO)C(O)CCCCCCCCCCCCC. The van der Waals surface area contributed by atoms with E-state index in [1.807, 2.05) is 0 Å². The number of unbranched alkanes of at least 4 members (excludes halogenated alkanes) is 53. The Balaban J connectivity index is 3.31. The molecule has 0 aliphatic heterocycles. The highest BCUT2D eigenvalue weighted by molar-refractivity contribution is 5.76. The molecule has 0 aliphatic carbocycles. The summed E-state index contributed by atoms with van der Waals surface area (Å²) in [6.45, 7) is 4.98. The summed E-state index contributed by atoms with van der Waals surface area (Å²) in [6.07, 6.45) is 81.4. The summed E-state index contributed by atoms with van der Waals surface area (Å²) >= 11 is 0. The van der Waals surface area contributed by atoms with Crippen LogP contribution >= 0.6 is 0 Å². The second-order valence-corrected chi connectivity index (χ2v) is 24.2. The van der Waals surface area contributed by atoms with Crippen molar-refractivity contribution in [2.45, 2.75) is 411 Å². The fraction of sp³-hybridized carbons (Fsp3) is 0.943. The van der Waals surface area contributed by atoms with Crippen molar-refractivity contribution in [3.63, 3.8) is 0 Å². The molecule has 0 aliphatic rings. The predicted octanol–water partition coefficient (Wildman–Crippen LogP) is 22.4. The van der Waals surface area contributed by atoms with E-state index in [9.17, 15) is 19.8 Å². The molecular formula is C70H137NO5. The molecule has 6 heteroatoms. The molecule has 76 heavy (non-hydrogen) atoms. The van der Waals surface area contributed by atoms with E-state index in [4.69, 9.17) is 4.74 Å². The van der Waals surface area contributed by atoms with Gasteiger partial charge in [0.15, 0.2) is 0 Å². The van der Waals surface area contributed by atoms with Gasteiger partial charge in [-0.2, -0.15) is 0 Å². The van der Waals surface area contributed by atoms with E-state index in [1.165, 1.54) is 327 Å². The number of ether oxygens (including phenoxy) is 1. The second kappa shape index (κ2) is 66.1. The van der Waals surface area contributed by atoms with Crippen LogP contribution in [0.5, 0.6) is 0 Å². The molecule has 0 heterocycles. The monoisotopic (exact) mass is 1070 g/mol. The molecule has 2 unspecified atom stereocenters. The summed E-state index contributed by atoms with van der Waals surface area (Å²) in [6, 6.07) is -0.536. The number of aliphatic hydroxyl groups is 2. The van der Waals surface area contributed by atoms with Gasteiger partial charge in [-0.05, 0) is 51.4 Å². The lowest BCUT2D eigenvalue weighted by Gasteiger charge is -2.22. The first-order chi connectivity index (χ1) is 37.5. The number of aliphatic hydroxyl groups excluding tert-OH is 2. The number of rotatable bonds is 66. The van der Waals surface area contributed by atoms with Crippen LogP contribution in [-0.4, -0.2) is 47.4 Å². The minimum Gasteiger partial charge on any atom is -0.466 e. The average molecular weight is 1070 g/mol. The Labute approximate surface area is 476 Å². The number of hydrogen-bond acceptors (Lipinski definition) is 5. The molecule has 0 radical (unpaired) electrons. The van der Waals surface area contributed by atoms with Crippen molar-refractivity contribution in [2.75, 3.05) is 13.2 Å². The summed E-state index contributed by atoms with van der Waals surface area (Å²) in [5.41, 5.74) is 0. The van der Waals surface area contributed by atoms with Gasteiger partial charge in [0.05, 0.1) is 25.4 Å². The molecule has 0 saturated heterocycles. The third kappa shape index (κ3) is 61.8. The van der Waals surface area contributed by atoms with Crippen LogP contribution in [0.3, 0.4) is 0 Å². The lowest BCUT2D eigenvalue weighted by molar-refractivity contribution is -0.143. The highest BCUT2D eigenvalue weighted by atomic mass is 16.5. The zero-order chi connectivity index (χ0) is 55.0. The van der Waals surface area contributed by atoms with Crippen LogP contribution in [0.4, 0.5) is 0 Å². The number of allylic oxidation sites excluding steroid dienone is 2. The largest absolute Gasteiger partial charge is 0.466 e. The lowest BCUT2D eigenvalue weighted by atomic mass is 10.0. The van der Waals surface area contributed by atoms with Crippen molar-refractivity contribution >= 4 is 11.9 Å². The number of esters is 1. The van der Waals surface area contributed by atoms with Crippen molar-refractivity contribution in [1.82, 2.24) is 5.32 Å². The fourth-order valence-electron chi connectivity index (χ4n) is 11.2. The topological polar surface area (TPSA) is 95.9 Å². The second-order valence-electron chi connectivity index (χ2n) is 24.2. The van der Waals surface area contributed by atoms with Crippen molar-refractivity contribution in [2.24, 2.45) is 0 Å². The minimum absolute atomic E-state index is 0.0224. The van der Waals surface area contributed by atoms with E-state index in [1.54, 1.807) is 0 Å². The summed E-state index contributed by atoms with van der Waals surface area (Å²) in [5, 5.41) is 23.2. The molecule has 1 amide bonds. The molecule has 0 rings (SSSR count). The average Bonchev–Trinajstić information content (AvgIpc) is 3.42. The molecule has 0 saturated carbocycles. The molecule has 0 aromatic carbocycles. The van der Waals surface area contributed by atoms with Crippen LogP contribution in [0, 0.1) is 0 Å². The predicted molar refractivity (Wildman–Crippen MR) is 333 cm³/mol. The highest BCUT2D eigenvalue weighted by Gasteiger charge is 2.20. The first-order valence-corrected chi connectivity index (χ1v) is 34.9. The lowest BCUT2D eigenvalue weighted by Crippen LogP contribution is -2.45. The first-order valence-electron chi connectivity index (χ1n) is 34.9. The summed E-state index contributed by atoms with van der Waals surface area (Å²) < 4.78 is 5.49. The third-order valence-electron chi connectivity index (χ3n) is 16.6. The Bertz CT molecular complexity index is 1140. The quantitative estimate of drug-likeness (QED) is 0.0320. The van der Waals surface area contributed by atoms with Crippen molar-refractivity contribution in [3.05, 3.63) is 12.2 Å². The molecule has 6 nitrogen and oxygen atoms in total. The minimum atomic E-state index is -0.659. The van der Waals surface area contributed by atoms with E-state index >= 15 is 0 Å². The van der Waals surface area contributed by atoms with Gasteiger partial charge < -0.3 is 20.3 Å². The van der Waals surface area contributed by atoms with Crippen LogP contribution in [0.2, 0.25) is 0 Å². The van der Waals surface area contributed by atoms with Gasteiger partial charge in [-0.3, -0.25) is 9.59 Å². The van der Waals surface area contributed by atoms with E-state index in [0.29, 0.717) is 25.9 Å². The van der Waals surface area contributed by atoms with Crippen LogP contribution in [0.15, 0.2) is 12.2 Å². The van der Waals surface area contributed by atoms with Gasteiger partial charge in [0.1, 0.15) is 0 Å². The molecule has 452 valence electrons. The van der Waals surface area contributed by atoms with Crippen molar-refractivity contribution in [1.29, 1.82) is 0 Å². The van der Waals surface area contributed by atoms with Crippen molar-refractivity contribution < 1.29 is 24.5 Å². The highest BCUT2D eigenvalue weighted by Crippen LogP contribution is 2.19. The zero-order valence-electron chi connectivity index (χ0n) is 51.8. The van der Waals surface area contributed by atoms with E-state index in [0.717, 1.165) is 38.5 Å². The first kappa shape index (κ1) is 74.6. The Morgan fingerprint density at radius 1 is 0.355 bits per heavy atom. The van der Waals surface area contributed by atoms with Gasteiger partial charge >= 0.3 is 5.97 Å². The molecule has 0 spiro atoms. The van der Waals surface area contributed by atoms with Crippen molar-refractivity contribution in [3.8, 4) is 0 Å².